The third-order valence-corrected chi connectivity index (χ3v) is 10.8. The van der Waals surface area contributed by atoms with Gasteiger partial charge in [0, 0.05) is 74.6 Å². The lowest BCUT2D eigenvalue weighted by atomic mass is 9.64. The van der Waals surface area contributed by atoms with Crippen LogP contribution in [0.15, 0.2) is 41.3 Å². The van der Waals surface area contributed by atoms with E-state index in [0.717, 1.165) is 43.3 Å². The van der Waals surface area contributed by atoms with E-state index in [9.17, 15) is 22.2 Å². The molecule has 12 nitrogen and oxygen atoms in total. The third-order valence-electron chi connectivity index (χ3n) is 9.44. The fourth-order valence-electron chi connectivity index (χ4n) is 6.66. The van der Waals surface area contributed by atoms with Gasteiger partial charge < -0.3 is 31.3 Å². The summed E-state index contributed by atoms with van der Waals surface area (Å²) in [4.78, 5) is 24.1. The first-order valence-electron chi connectivity index (χ1n) is 15.8. The second-order valence-electron chi connectivity index (χ2n) is 13.5. The summed E-state index contributed by atoms with van der Waals surface area (Å²) in [6.07, 6.45) is 9.47. The fourth-order valence-corrected chi connectivity index (χ4v) is 7.41. The quantitative estimate of drug-likeness (QED) is 0.208. The van der Waals surface area contributed by atoms with E-state index < -0.39 is 20.8 Å². The molecule has 47 heavy (non-hydrogen) atoms. The maximum Gasteiger partial charge on any atom is 0.253 e. The highest BCUT2D eigenvalue weighted by Gasteiger charge is 2.62. The number of carbonyl (C=O) groups is 2. The molecule has 0 aromatic heterocycles. The van der Waals surface area contributed by atoms with Gasteiger partial charge in [0.15, 0.2) is 0 Å². The van der Waals surface area contributed by atoms with Gasteiger partial charge in [0.2, 0.25) is 10.0 Å². The van der Waals surface area contributed by atoms with Crippen LogP contribution in [0, 0.1) is 16.7 Å². The molecule has 5 aliphatic rings. The summed E-state index contributed by atoms with van der Waals surface area (Å²) in [5, 5.41) is 15.0. The molecule has 7 rings (SSSR count). The van der Waals surface area contributed by atoms with Crippen molar-refractivity contribution in [1.82, 2.24) is 15.4 Å². The molecule has 1 unspecified atom stereocenters. The van der Waals surface area contributed by atoms with Crippen LogP contribution in [0.4, 0.5) is 17.1 Å². The van der Waals surface area contributed by atoms with Crippen molar-refractivity contribution in [1.29, 1.82) is 0 Å². The Morgan fingerprint density at radius 2 is 1.49 bits per heavy atom. The van der Waals surface area contributed by atoms with Crippen LogP contribution in [0.1, 0.15) is 59.7 Å². The maximum absolute atomic E-state index is 12.1. The zero-order valence-corrected chi connectivity index (χ0v) is 30.1. The molecule has 14 heteroatoms. The number of benzene rings is 2. The summed E-state index contributed by atoms with van der Waals surface area (Å²) in [6.45, 7) is 4.58. The predicted molar refractivity (Wildman–Crippen MR) is 188 cm³/mol. The molecule has 5 fully saturated rings. The first-order valence-corrected chi connectivity index (χ1v) is 19.3. The van der Waals surface area contributed by atoms with Crippen molar-refractivity contribution in [3.63, 3.8) is 0 Å². The van der Waals surface area contributed by atoms with E-state index in [1.165, 1.54) is 45.5 Å². The lowest BCUT2D eigenvalue weighted by molar-refractivity contribution is 0.00141. The molecule has 3 saturated carbocycles. The number of fused-ring (bicyclic) bond motifs is 1. The summed E-state index contributed by atoms with van der Waals surface area (Å²) < 4.78 is 41.6. The van der Waals surface area contributed by atoms with E-state index in [0.29, 0.717) is 28.8 Å². The summed E-state index contributed by atoms with van der Waals surface area (Å²) in [5.41, 5.74) is 4.31. The first kappa shape index (κ1) is 36.6. The Morgan fingerprint density at radius 1 is 0.915 bits per heavy atom. The van der Waals surface area contributed by atoms with Crippen LogP contribution < -0.4 is 31.3 Å². The maximum atomic E-state index is 12.1. The van der Waals surface area contributed by atoms with E-state index in [2.05, 4.69) is 38.2 Å². The number of hydrogen-bond donors (Lipinski definition) is 6. The molecule has 2 bridgehead atoms. The number of hydrogen-bond acceptors (Lipinski definition) is 9. The van der Waals surface area contributed by atoms with Crippen molar-refractivity contribution in [2.24, 2.45) is 16.7 Å². The highest BCUT2D eigenvalue weighted by molar-refractivity contribution is 7.89. The number of nitrogens with one attached hydrogen (secondary N) is 6. The van der Waals surface area contributed by atoms with Crippen molar-refractivity contribution in [2.45, 2.75) is 49.5 Å². The summed E-state index contributed by atoms with van der Waals surface area (Å²) in [5.74, 6) is 0.430. The lowest BCUT2D eigenvalue weighted by Crippen LogP contribution is -2.47. The molecule has 260 valence electrons. The van der Waals surface area contributed by atoms with E-state index in [-0.39, 0.29) is 27.7 Å². The topological polar surface area (TPSA) is 167 Å². The molecular formula is C33H50N6O6S2. The highest BCUT2D eigenvalue weighted by Crippen LogP contribution is 2.70. The molecule has 1 spiro atoms. The van der Waals surface area contributed by atoms with Crippen molar-refractivity contribution >= 4 is 49.7 Å². The number of ether oxygens (including phenoxy) is 1. The Labute approximate surface area is 281 Å². The Bertz CT molecular complexity index is 1600. The molecule has 2 saturated heterocycles. The fraction of sp³-hybridized carbons (Fsp3) is 0.576. The van der Waals surface area contributed by atoms with Crippen molar-refractivity contribution in [3.05, 3.63) is 47.5 Å². The number of carbonyl (C=O) groups excluding carboxylic acids is 2. The molecule has 6 N–H and O–H groups in total. The Kier molecular flexibility index (Phi) is 11.3. The van der Waals surface area contributed by atoms with Gasteiger partial charge >= 0.3 is 0 Å². The van der Waals surface area contributed by atoms with E-state index in [4.69, 9.17) is 4.74 Å². The van der Waals surface area contributed by atoms with E-state index in [1.54, 1.807) is 25.6 Å². The SMILES string of the molecule is CNC(=O)c1cc(NC)ccc1NCC1CC12CC2.CNC(=O)c1cc(S(=O)(=O)NC)ccc1NCC12CC(C)(CO1)C2.CS(C)=O. The molecule has 1 atom stereocenters. The standard InChI is InChI=1S/C16H23N3O4S.C15H21N3O.C2H6OS/c1-15-7-16(8-15,23-10-15)9-19-13-5-4-11(24(21,22)18-3)6-12(13)14(20)17-2;1-16-11-3-4-13(12(7-11)14(19)17-2)18-9-10-8-15(10)5-6-15;1-4(2)3/h4-6,18-19H,7-10H2,1-3H3,(H,17,20);3-4,7,10,16,18H,5-6,8-9H2,1-2H3,(H,17,19);1-2H3. The van der Waals surface area contributed by atoms with Gasteiger partial charge in [0.1, 0.15) is 0 Å². The van der Waals surface area contributed by atoms with Crippen LogP contribution in [0.25, 0.3) is 0 Å². The van der Waals surface area contributed by atoms with Crippen LogP contribution in [0.5, 0.6) is 0 Å². The number of rotatable bonds is 11. The largest absolute Gasteiger partial charge is 0.388 e. The molecule has 2 aromatic rings. The molecule has 2 aromatic carbocycles. The molecule has 3 aliphatic carbocycles. The second kappa shape index (κ2) is 14.5. The summed E-state index contributed by atoms with van der Waals surface area (Å²) in [6, 6.07) is 10.4. The van der Waals surface area contributed by atoms with Crippen LogP contribution in [0.2, 0.25) is 0 Å². The Hall–Kier alpha value is -3.20. The molecule has 2 heterocycles. The van der Waals surface area contributed by atoms with Gasteiger partial charge in [-0.1, -0.05) is 6.92 Å². The average Bonchev–Trinajstić information content (AvgIpc) is 3.91. The molecule has 2 aliphatic heterocycles. The predicted octanol–water partition coefficient (Wildman–Crippen LogP) is 3.23. The van der Waals surface area contributed by atoms with Gasteiger partial charge in [-0.15, -0.1) is 0 Å². The summed E-state index contributed by atoms with van der Waals surface area (Å²) in [7, 11) is 2.16. The van der Waals surface area contributed by atoms with Gasteiger partial charge in [-0.25, -0.2) is 13.1 Å². The lowest BCUT2D eigenvalue weighted by Gasteiger charge is -2.42. The minimum absolute atomic E-state index is 0.0449. The van der Waals surface area contributed by atoms with Crippen LogP contribution in [-0.4, -0.2) is 90.4 Å². The number of amides is 2. The van der Waals surface area contributed by atoms with Crippen molar-refractivity contribution in [3.8, 4) is 0 Å². The third kappa shape index (κ3) is 8.84. The Morgan fingerprint density at radius 3 is 1.98 bits per heavy atom. The van der Waals surface area contributed by atoms with Gasteiger partial charge in [-0.05, 0) is 92.3 Å². The second-order valence-corrected chi connectivity index (χ2v) is 16.8. The van der Waals surface area contributed by atoms with Gasteiger partial charge in [-0.2, -0.15) is 0 Å². The first-order chi connectivity index (χ1) is 22.1. The molecular weight excluding hydrogens is 641 g/mol. The van der Waals surface area contributed by atoms with Crippen LogP contribution in [-0.2, 0) is 25.6 Å². The highest BCUT2D eigenvalue weighted by atomic mass is 32.2. The normalized spacial score (nSPS) is 24.0. The van der Waals surface area contributed by atoms with Crippen molar-refractivity contribution < 1.29 is 27.0 Å². The zero-order valence-electron chi connectivity index (χ0n) is 28.5. The molecule has 0 radical (unpaired) electrons. The van der Waals surface area contributed by atoms with Gasteiger partial charge in [0.25, 0.3) is 11.8 Å². The molecule has 2 amide bonds. The minimum Gasteiger partial charge on any atom is -0.388 e. The number of anilines is 3. The van der Waals surface area contributed by atoms with Gasteiger partial charge in [0.05, 0.1) is 28.2 Å². The van der Waals surface area contributed by atoms with Crippen molar-refractivity contribution in [2.75, 3.05) is 76.3 Å². The zero-order chi connectivity index (χ0) is 34.6. The summed E-state index contributed by atoms with van der Waals surface area (Å²) >= 11 is 0. The van der Waals surface area contributed by atoms with Crippen LogP contribution in [0.3, 0.4) is 0 Å². The van der Waals surface area contributed by atoms with E-state index in [1.807, 2.05) is 25.2 Å². The average molecular weight is 691 g/mol. The van der Waals surface area contributed by atoms with Gasteiger partial charge in [-0.3, -0.25) is 13.8 Å². The minimum atomic E-state index is -3.60. The number of sulfonamides is 1. The van der Waals surface area contributed by atoms with E-state index >= 15 is 0 Å². The Balaban J connectivity index is 0.000000195. The van der Waals surface area contributed by atoms with Crippen LogP contribution >= 0.6 is 0 Å². The monoisotopic (exact) mass is 690 g/mol. The smallest absolute Gasteiger partial charge is 0.253 e.